The fourth-order valence-corrected chi connectivity index (χ4v) is 4.35. The highest BCUT2D eigenvalue weighted by atomic mass is 32.2. The van der Waals surface area contributed by atoms with Crippen molar-refractivity contribution in [2.75, 3.05) is 11.5 Å². The number of amides is 1. The molecule has 5 nitrogen and oxygen atoms in total. The molecule has 1 atom stereocenters. The van der Waals surface area contributed by atoms with Crippen molar-refractivity contribution in [1.82, 2.24) is 9.88 Å². The van der Waals surface area contributed by atoms with Gasteiger partial charge in [-0.3, -0.25) is 4.79 Å². The minimum absolute atomic E-state index is 0.0451. The van der Waals surface area contributed by atoms with E-state index in [9.17, 15) is 13.2 Å². The summed E-state index contributed by atoms with van der Waals surface area (Å²) < 4.78 is 24.8. The molecule has 1 aromatic heterocycles. The van der Waals surface area contributed by atoms with Gasteiger partial charge in [-0.25, -0.2) is 8.42 Å². The fraction of sp³-hybridized carbons (Fsp3) is 0.357. The lowest BCUT2D eigenvalue weighted by Gasteiger charge is -2.11. The molecule has 1 saturated heterocycles. The first kappa shape index (κ1) is 13.2. The van der Waals surface area contributed by atoms with Crippen LogP contribution in [0.25, 0.3) is 10.9 Å². The molecule has 3 rings (SSSR count). The highest BCUT2D eigenvalue weighted by Crippen LogP contribution is 2.20. The number of nitrogens with one attached hydrogen (secondary N) is 1. The van der Waals surface area contributed by atoms with E-state index in [1.54, 1.807) is 6.07 Å². The van der Waals surface area contributed by atoms with E-state index in [1.165, 1.54) is 0 Å². The van der Waals surface area contributed by atoms with Gasteiger partial charge in [-0.1, -0.05) is 6.07 Å². The normalized spacial score (nSPS) is 21.1. The SMILES string of the molecule is Cn1ccc2c(C(=O)NC3CCS(=O)(=O)C3)cccc21. The lowest BCUT2D eigenvalue weighted by atomic mass is 10.1. The third-order valence-corrected chi connectivity index (χ3v) is 5.51. The number of rotatable bonds is 2. The molecule has 2 heterocycles. The van der Waals surface area contributed by atoms with E-state index < -0.39 is 9.84 Å². The van der Waals surface area contributed by atoms with Gasteiger partial charge in [-0.05, 0) is 24.6 Å². The first-order chi connectivity index (χ1) is 9.46. The molecule has 0 aliphatic carbocycles. The van der Waals surface area contributed by atoms with Gasteiger partial charge in [0.05, 0.1) is 11.5 Å². The van der Waals surface area contributed by atoms with Gasteiger partial charge in [0.15, 0.2) is 9.84 Å². The average molecular weight is 292 g/mol. The van der Waals surface area contributed by atoms with Crippen molar-refractivity contribution < 1.29 is 13.2 Å². The lowest BCUT2D eigenvalue weighted by Crippen LogP contribution is -2.35. The molecule has 1 aromatic carbocycles. The Balaban J connectivity index is 1.86. The molecule has 106 valence electrons. The maximum atomic E-state index is 12.3. The number of sulfone groups is 1. The summed E-state index contributed by atoms with van der Waals surface area (Å²) >= 11 is 0. The maximum Gasteiger partial charge on any atom is 0.252 e. The molecule has 0 radical (unpaired) electrons. The number of fused-ring (bicyclic) bond motifs is 1. The van der Waals surface area contributed by atoms with Crippen molar-refractivity contribution in [3.63, 3.8) is 0 Å². The summed E-state index contributed by atoms with van der Waals surface area (Å²) in [6, 6.07) is 7.18. The van der Waals surface area contributed by atoms with Crippen LogP contribution < -0.4 is 5.32 Å². The molecule has 6 heteroatoms. The Morgan fingerprint density at radius 3 is 2.85 bits per heavy atom. The third-order valence-electron chi connectivity index (χ3n) is 3.74. The van der Waals surface area contributed by atoms with E-state index in [2.05, 4.69) is 5.32 Å². The topological polar surface area (TPSA) is 68.2 Å². The number of hydrogen-bond donors (Lipinski definition) is 1. The van der Waals surface area contributed by atoms with Crippen LogP contribution in [0.15, 0.2) is 30.5 Å². The zero-order valence-electron chi connectivity index (χ0n) is 11.2. The minimum atomic E-state index is -2.98. The Bertz CT molecular complexity index is 777. The van der Waals surface area contributed by atoms with Crippen LogP contribution in [0.5, 0.6) is 0 Å². The van der Waals surface area contributed by atoms with Gasteiger partial charge in [0.25, 0.3) is 5.91 Å². The molecule has 0 spiro atoms. The van der Waals surface area contributed by atoms with Crippen LogP contribution in [0.2, 0.25) is 0 Å². The van der Waals surface area contributed by atoms with Crippen LogP contribution in [-0.4, -0.2) is 36.4 Å². The zero-order chi connectivity index (χ0) is 14.3. The third kappa shape index (κ3) is 2.31. The Labute approximate surface area is 117 Å². The van der Waals surface area contributed by atoms with Crippen LogP contribution in [-0.2, 0) is 16.9 Å². The predicted molar refractivity (Wildman–Crippen MR) is 77.4 cm³/mol. The molecule has 0 bridgehead atoms. The van der Waals surface area contributed by atoms with Crippen molar-refractivity contribution in [2.24, 2.45) is 7.05 Å². The van der Waals surface area contributed by atoms with Crippen LogP contribution in [0.3, 0.4) is 0 Å². The summed E-state index contributed by atoms with van der Waals surface area (Å²) in [7, 11) is -1.06. The predicted octanol–water partition coefficient (Wildman–Crippen LogP) is 1.10. The Kier molecular flexibility index (Phi) is 3.05. The molecule has 2 aromatic rings. The van der Waals surface area contributed by atoms with Crippen molar-refractivity contribution >= 4 is 26.6 Å². The van der Waals surface area contributed by atoms with Crippen LogP contribution >= 0.6 is 0 Å². The largest absolute Gasteiger partial charge is 0.351 e. The number of benzene rings is 1. The minimum Gasteiger partial charge on any atom is -0.351 e. The van der Waals surface area contributed by atoms with Crippen molar-refractivity contribution in [1.29, 1.82) is 0 Å². The standard InChI is InChI=1S/C14H16N2O3S/c1-16-7-5-11-12(3-2-4-13(11)16)14(17)15-10-6-8-20(18,19)9-10/h2-5,7,10H,6,8-9H2,1H3,(H,15,17). The second-order valence-corrected chi connectivity index (χ2v) is 7.47. The number of carbonyl (C=O) groups excluding carboxylic acids is 1. The molecule has 1 N–H and O–H groups in total. The van der Waals surface area contributed by atoms with E-state index >= 15 is 0 Å². The molecule has 1 fully saturated rings. The van der Waals surface area contributed by atoms with Crippen molar-refractivity contribution in [3.8, 4) is 0 Å². The molecular weight excluding hydrogens is 276 g/mol. The van der Waals surface area contributed by atoms with Crippen molar-refractivity contribution in [2.45, 2.75) is 12.5 Å². The summed E-state index contributed by atoms with van der Waals surface area (Å²) in [6.45, 7) is 0. The number of nitrogens with zero attached hydrogens (tertiary/aromatic N) is 1. The monoisotopic (exact) mass is 292 g/mol. The quantitative estimate of drug-likeness (QED) is 0.901. The Morgan fingerprint density at radius 2 is 2.15 bits per heavy atom. The van der Waals surface area contributed by atoms with Crippen LogP contribution in [0.4, 0.5) is 0 Å². The van der Waals surface area contributed by atoms with Gasteiger partial charge in [0.1, 0.15) is 0 Å². The van der Waals surface area contributed by atoms with Gasteiger partial charge in [0.2, 0.25) is 0 Å². The van der Waals surface area contributed by atoms with Gasteiger partial charge >= 0.3 is 0 Å². The number of aromatic nitrogens is 1. The van der Waals surface area contributed by atoms with Gasteiger partial charge in [0, 0.05) is 35.8 Å². The van der Waals surface area contributed by atoms with Gasteiger partial charge in [-0.2, -0.15) is 0 Å². The Hall–Kier alpha value is -1.82. The van der Waals surface area contributed by atoms with Crippen LogP contribution in [0.1, 0.15) is 16.8 Å². The maximum absolute atomic E-state index is 12.3. The van der Waals surface area contributed by atoms with E-state index in [1.807, 2.05) is 36.0 Å². The summed E-state index contributed by atoms with van der Waals surface area (Å²) in [5.74, 6) is 0.000625. The number of aryl methyl sites for hydroxylation is 1. The highest BCUT2D eigenvalue weighted by molar-refractivity contribution is 7.91. The summed E-state index contributed by atoms with van der Waals surface area (Å²) in [5, 5.41) is 3.71. The summed E-state index contributed by atoms with van der Waals surface area (Å²) in [6.07, 6.45) is 2.40. The highest BCUT2D eigenvalue weighted by Gasteiger charge is 2.29. The molecule has 0 saturated carbocycles. The van der Waals surface area contributed by atoms with Crippen LogP contribution in [0, 0.1) is 0 Å². The second kappa shape index (κ2) is 4.63. The van der Waals surface area contributed by atoms with Gasteiger partial charge in [-0.15, -0.1) is 0 Å². The van der Waals surface area contributed by atoms with E-state index in [4.69, 9.17) is 0 Å². The fourth-order valence-electron chi connectivity index (χ4n) is 2.67. The van der Waals surface area contributed by atoms with E-state index in [0.29, 0.717) is 12.0 Å². The molecular formula is C14H16N2O3S. The van der Waals surface area contributed by atoms with Crippen molar-refractivity contribution in [3.05, 3.63) is 36.0 Å². The number of hydrogen-bond acceptors (Lipinski definition) is 3. The smallest absolute Gasteiger partial charge is 0.252 e. The second-order valence-electron chi connectivity index (χ2n) is 5.24. The molecule has 1 amide bonds. The molecule has 1 unspecified atom stereocenters. The van der Waals surface area contributed by atoms with Gasteiger partial charge < -0.3 is 9.88 Å². The Morgan fingerprint density at radius 1 is 1.35 bits per heavy atom. The summed E-state index contributed by atoms with van der Waals surface area (Å²) in [4.78, 5) is 12.3. The molecule has 20 heavy (non-hydrogen) atoms. The first-order valence-corrected chi connectivity index (χ1v) is 8.34. The molecule has 1 aliphatic rings. The first-order valence-electron chi connectivity index (χ1n) is 6.52. The van der Waals surface area contributed by atoms with E-state index in [-0.39, 0.29) is 23.5 Å². The zero-order valence-corrected chi connectivity index (χ0v) is 12.0. The van der Waals surface area contributed by atoms with E-state index in [0.717, 1.165) is 10.9 Å². The lowest BCUT2D eigenvalue weighted by molar-refractivity contribution is 0.0943. The number of carbonyl (C=O) groups is 1. The molecule has 1 aliphatic heterocycles. The average Bonchev–Trinajstić information content (AvgIpc) is 2.93. The summed E-state index contributed by atoms with van der Waals surface area (Å²) in [5.41, 5.74) is 1.57.